The summed E-state index contributed by atoms with van der Waals surface area (Å²) in [4.78, 5) is 23.5. The van der Waals surface area contributed by atoms with Crippen molar-refractivity contribution in [3.8, 4) is 5.75 Å². The number of aromatic nitrogens is 2. The third-order valence-electron chi connectivity index (χ3n) is 5.60. The molecule has 1 amide bonds. The lowest BCUT2D eigenvalue weighted by Gasteiger charge is -2.44. The number of ether oxygens (including phenoxy) is 2. The molecule has 0 radical (unpaired) electrons. The molecule has 3 atom stereocenters. The first-order chi connectivity index (χ1) is 15.0. The summed E-state index contributed by atoms with van der Waals surface area (Å²) in [7, 11) is 0. The molecule has 168 valence electrons. The topological polar surface area (TPSA) is 76.6 Å². The van der Waals surface area contributed by atoms with Crippen LogP contribution in [0.25, 0.3) is 0 Å². The maximum Gasteiger partial charge on any atom is 0.410 e. The SMILES string of the molecule is CC[C@@H]1CC(Nc2ncc(OCc3ccccc3)cn2)C[C@H](CC)N1C(=O)OC(C)C. The molecule has 0 aliphatic carbocycles. The smallest absolute Gasteiger partial charge is 0.410 e. The fraction of sp³-hybridized carbons (Fsp3) is 0.542. The molecule has 7 nitrogen and oxygen atoms in total. The van der Waals surface area contributed by atoms with E-state index in [-0.39, 0.29) is 30.3 Å². The monoisotopic (exact) mass is 426 g/mol. The second-order valence-electron chi connectivity index (χ2n) is 8.29. The van der Waals surface area contributed by atoms with E-state index in [1.807, 2.05) is 49.1 Å². The van der Waals surface area contributed by atoms with Crippen LogP contribution in [0.4, 0.5) is 10.7 Å². The van der Waals surface area contributed by atoms with Gasteiger partial charge in [0.05, 0.1) is 18.5 Å². The molecule has 1 aromatic carbocycles. The van der Waals surface area contributed by atoms with E-state index in [1.54, 1.807) is 12.4 Å². The number of nitrogens with zero attached hydrogens (tertiary/aromatic N) is 3. The molecule has 2 aromatic rings. The van der Waals surface area contributed by atoms with Gasteiger partial charge in [-0.2, -0.15) is 0 Å². The number of hydrogen-bond acceptors (Lipinski definition) is 6. The standard InChI is InChI=1S/C24H34N4O3/c1-5-20-12-19(13-21(6-2)28(20)24(29)31-17(3)4)27-23-25-14-22(15-26-23)30-16-18-10-8-7-9-11-18/h7-11,14-15,17,19-21H,5-6,12-13,16H2,1-4H3,(H,25,26,27)/t19?,20-,21+. The molecule has 1 aliphatic heterocycles. The van der Waals surface area contributed by atoms with Gasteiger partial charge < -0.3 is 19.7 Å². The van der Waals surface area contributed by atoms with E-state index >= 15 is 0 Å². The lowest BCUT2D eigenvalue weighted by Crippen LogP contribution is -2.55. The highest BCUT2D eigenvalue weighted by molar-refractivity contribution is 5.69. The predicted molar refractivity (Wildman–Crippen MR) is 121 cm³/mol. The van der Waals surface area contributed by atoms with Crippen LogP contribution in [-0.2, 0) is 11.3 Å². The van der Waals surface area contributed by atoms with E-state index in [4.69, 9.17) is 9.47 Å². The Morgan fingerprint density at radius 3 is 2.26 bits per heavy atom. The summed E-state index contributed by atoms with van der Waals surface area (Å²) in [5.41, 5.74) is 1.10. The summed E-state index contributed by atoms with van der Waals surface area (Å²) in [6.45, 7) is 8.49. The second kappa shape index (κ2) is 11.0. The highest BCUT2D eigenvalue weighted by Crippen LogP contribution is 2.29. The van der Waals surface area contributed by atoms with Gasteiger partial charge in [-0.25, -0.2) is 14.8 Å². The van der Waals surface area contributed by atoms with Crippen LogP contribution in [-0.4, -0.2) is 45.2 Å². The molecule has 1 fully saturated rings. The van der Waals surface area contributed by atoms with Crippen molar-refractivity contribution < 1.29 is 14.3 Å². The van der Waals surface area contributed by atoms with Crippen molar-refractivity contribution in [2.45, 2.75) is 84.2 Å². The molecule has 3 rings (SSSR count). The van der Waals surface area contributed by atoms with Gasteiger partial charge in [0.25, 0.3) is 0 Å². The zero-order valence-electron chi connectivity index (χ0n) is 19.0. The van der Waals surface area contributed by atoms with Gasteiger partial charge in [0.15, 0.2) is 5.75 Å². The minimum absolute atomic E-state index is 0.116. The van der Waals surface area contributed by atoms with Gasteiger partial charge in [0.2, 0.25) is 5.95 Å². The Labute approximate surface area is 185 Å². The second-order valence-corrected chi connectivity index (χ2v) is 8.29. The minimum atomic E-state index is -0.205. The maximum atomic E-state index is 12.7. The molecule has 0 bridgehead atoms. The number of hydrogen-bond donors (Lipinski definition) is 1. The number of rotatable bonds is 8. The largest absolute Gasteiger partial charge is 0.486 e. The summed E-state index contributed by atoms with van der Waals surface area (Å²) in [5.74, 6) is 1.22. The van der Waals surface area contributed by atoms with Crippen LogP contribution in [0.1, 0.15) is 58.9 Å². The lowest BCUT2D eigenvalue weighted by atomic mass is 9.89. The Balaban J connectivity index is 1.58. The van der Waals surface area contributed by atoms with E-state index in [9.17, 15) is 4.79 Å². The summed E-state index contributed by atoms with van der Waals surface area (Å²) in [5, 5.41) is 3.45. The van der Waals surface area contributed by atoms with Gasteiger partial charge >= 0.3 is 6.09 Å². The Kier molecular flexibility index (Phi) is 8.09. The first-order valence-corrected chi connectivity index (χ1v) is 11.2. The number of carbonyl (C=O) groups is 1. The first-order valence-electron chi connectivity index (χ1n) is 11.2. The van der Waals surface area contributed by atoms with Crippen molar-refractivity contribution >= 4 is 12.0 Å². The molecule has 2 heterocycles. The van der Waals surface area contributed by atoms with E-state index in [0.717, 1.165) is 31.2 Å². The van der Waals surface area contributed by atoms with Gasteiger partial charge in [-0.15, -0.1) is 0 Å². The van der Waals surface area contributed by atoms with Crippen molar-refractivity contribution in [3.05, 3.63) is 48.3 Å². The molecule has 1 N–H and O–H groups in total. The number of likely N-dealkylation sites (tertiary alicyclic amines) is 1. The van der Waals surface area contributed by atoms with E-state index in [1.165, 1.54) is 0 Å². The number of anilines is 1. The Morgan fingerprint density at radius 2 is 1.71 bits per heavy atom. The average molecular weight is 427 g/mol. The Morgan fingerprint density at radius 1 is 1.10 bits per heavy atom. The molecular weight excluding hydrogens is 392 g/mol. The third kappa shape index (κ3) is 6.32. The fourth-order valence-corrected chi connectivity index (χ4v) is 4.07. The number of carbonyl (C=O) groups excluding carboxylic acids is 1. The average Bonchev–Trinajstić information content (AvgIpc) is 2.78. The molecule has 1 unspecified atom stereocenters. The fourth-order valence-electron chi connectivity index (χ4n) is 4.07. The van der Waals surface area contributed by atoms with Gasteiger partial charge in [-0.05, 0) is 45.1 Å². The van der Waals surface area contributed by atoms with E-state index in [0.29, 0.717) is 18.3 Å². The first kappa shape index (κ1) is 22.8. The molecule has 31 heavy (non-hydrogen) atoms. The van der Waals surface area contributed by atoms with Gasteiger partial charge in [-0.3, -0.25) is 0 Å². The van der Waals surface area contributed by atoms with Crippen LogP contribution in [0.15, 0.2) is 42.7 Å². The number of piperidine rings is 1. The zero-order chi connectivity index (χ0) is 22.2. The van der Waals surface area contributed by atoms with Crippen molar-refractivity contribution in [2.24, 2.45) is 0 Å². The number of benzene rings is 1. The van der Waals surface area contributed by atoms with Crippen molar-refractivity contribution in [1.82, 2.24) is 14.9 Å². The molecule has 7 heteroatoms. The Bertz CT molecular complexity index is 799. The summed E-state index contributed by atoms with van der Waals surface area (Å²) in [6, 6.07) is 10.5. The van der Waals surface area contributed by atoms with Crippen molar-refractivity contribution in [1.29, 1.82) is 0 Å². The molecular formula is C24H34N4O3. The van der Waals surface area contributed by atoms with E-state index < -0.39 is 0 Å². The van der Waals surface area contributed by atoms with Crippen LogP contribution in [0, 0.1) is 0 Å². The van der Waals surface area contributed by atoms with Crippen LogP contribution >= 0.6 is 0 Å². The van der Waals surface area contributed by atoms with E-state index in [2.05, 4.69) is 29.1 Å². The highest BCUT2D eigenvalue weighted by atomic mass is 16.6. The predicted octanol–water partition coefficient (Wildman–Crippen LogP) is 5.03. The highest BCUT2D eigenvalue weighted by Gasteiger charge is 2.38. The van der Waals surface area contributed by atoms with Gasteiger partial charge in [0.1, 0.15) is 6.61 Å². The molecule has 0 saturated carbocycles. The molecule has 0 spiro atoms. The van der Waals surface area contributed by atoms with Crippen molar-refractivity contribution in [3.63, 3.8) is 0 Å². The van der Waals surface area contributed by atoms with Crippen LogP contribution < -0.4 is 10.1 Å². The van der Waals surface area contributed by atoms with Crippen LogP contribution in [0.5, 0.6) is 5.75 Å². The minimum Gasteiger partial charge on any atom is -0.486 e. The van der Waals surface area contributed by atoms with Crippen LogP contribution in [0.3, 0.4) is 0 Å². The number of nitrogens with one attached hydrogen (secondary N) is 1. The quantitative estimate of drug-likeness (QED) is 0.638. The third-order valence-corrected chi connectivity index (χ3v) is 5.60. The molecule has 1 saturated heterocycles. The lowest BCUT2D eigenvalue weighted by molar-refractivity contribution is 0.0253. The summed E-state index contributed by atoms with van der Waals surface area (Å²) >= 11 is 0. The Hall–Kier alpha value is -2.83. The molecule has 1 aromatic heterocycles. The van der Waals surface area contributed by atoms with Crippen LogP contribution in [0.2, 0.25) is 0 Å². The van der Waals surface area contributed by atoms with Gasteiger partial charge in [-0.1, -0.05) is 44.2 Å². The number of amides is 1. The van der Waals surface area contributed by atoms with Gasteiger partial charge in [0, 0.05) is 18.1 Å². The normalized spacial score (nSPS) is 21.1. The summed E-state index contributed by atoms with van der Waals surface area (Å²) < 4.78 is 11.3. The molecule has 1 aliphatic rings. The zero-order valence-corrected chi connectivity index (χ0v) is 19.0. The van der Waals surface area contributed by atoms with Crippen molar-refractivity contribution in [2.75, 3.05) is 5.32 Å². The maximum absolute atomic E-state index is 12.7. The summed E-state index contributed by atoms with van der Waals surface area (Å²) in [6.07, 6.45) is 6.53.